The summed E-state index contributed by atoms with van der Waals surface area (Å²) >= 11 is 6.33. The van der Waals surface area contributed by atoms with E-state index >= 15 is 0 Å². The van der Waals surface area contributed by atoms with Crippen molar-refractivity contribution in [2.45, 2.75) is 51.4 Å². The summed E-state index contributed by atoms with van der Waals surface area (Å²) in [5.41, 5.74) is 9.02. The van der Waals surface area contributed by atoms with Gasteiger partial charge in [-0.3, -0.25) is 0 Å². The van der Waals surface area contributed by atoms with Gasteiger partial charge in [-0.05, 0) is 68.2 Å². The first kappa shape index (κ1) is 13.7. The van der Waals surface area contributed by atoms with Gasteiger partial charge < -0.3 is 10.8 Å². The highest BCUT2D eigenvalue weighted by molar-refractivity contribution is 6.33. The number of hydrogen-bond acceptors (Lipinski definition) is 2. The molecule has 0 radical (unpaired) electrons. The topological polar surface area (TPSA) is 46.2 Å². The van der Waals surface area contributed by atoms with Crippen molar-refractivity contribution in [3.8, 4) is 5.75 Å². The predicted molar refractivity (Wildman–Crippen MR) is 76.4 cm³/mol. The van der Waals surface area contributed by atoms with E-state index in [-0.39, 0.29) is 0 Å². The van der Waals surface area contributed by atoms with E-state index in [2.05, 4.69) is 6.07 Å². The Hall–Kier alpha value is -0.730. The van der Waals surface area contributed by atoms with Gasteiger partial charge in [-0.25, -0.2) is 0 Å². The number of halogens is 1. The summed E-state index contributed by atoms with van der Waals surface area (Å²) in [5, 5.41) is 10.8. The number of hydrogen-bond donors (Lipinski definition) is 2. The lowest BCUT2D eigenvalue weighted by atomic mass is 9.96. The zero-order chi connectivity index (χ0) is 13.0. The van der Waals surface area contributed by atoms with Gasteiger partial charge in [0, 0.05) is 0 Å². The minimum Gasteiger partial charge on any atom is -0.506 e. The third kappa shape index (κ3) is 2.99. The zero-order valence-corrected chi connectivity index (χ0v) is 11.6. The third-order valence-corrected chi connectivity index (χ3v) is 4.19. The van der Waals surface area contributed by atoms with Crippen molar-refractivity contribution in [1.29, 1.82) is 0 Å². The highest BCUT2D eigenvalue weighted by Crippen LogP contribution is 2.37. The van der Waals surface area contributed by atoms with Crippen LogP contribution in [0.15, 0.2) is 6.07 Å². The van der Waals surface area contributed by atoms with Crippen LogP contribution < -0.4 is 5.73 Å². The fourth-order valence-electron chi connectivity index (χ4n) is 2.73. The Labute approximate surface area is 114 Å². The van der Waals surface area contributed by atoms with E-state index < -0.39 is 0 Å². The Morgan fingerprint density at radius 3 is 2.72 bits per heavy atom. The maximum Gasteiger partial charge on any atom is 0.137 e. The van der Waals surface area contributed by atoms with Crippen LogP contribution in [-0.4, -0.2) is 11.7 Å². The number of fused-ring (bicyclic) bond motifs is 1. The first-order valence-electron chi connectivity index (χ1n) is 6.96. The lowest BCUT2D eigenvalue weighted by molar-refractivity contribution is 0.466. The van der Waals surface area contributed by atoms with Crippen LogP contribution in [-0.2, 0) is 19.3 Å². The molecule has 18 heavy (non-hydrogen) atoms. The summed E-state index contributed by atoms with van der Waals surface area (Å²) < 4.78 is 0. The average Bonchev–Trinajstić information content (AvgIpc) is 2.61. The maximum atomic E-state index is 10.2. The van der Waals surface area contributed by atoms with Crippen LogP contribution in [0.1, 0.15) is 48.8 Å². The molecule has 1 aliphatic carbocycles. The number of phenols is 1. The normalized spacial score (nSPS) is 15.2. The van der Waals surface area contributed by atoms with Crippen LogP contribution in [0.4, 0.5) is 0 Å². The summed E-state index contributed by atoms with van der Waals surface area (Å²) in [6.07, 6.45) is 8.65. The molecule has 100 valence electrons. The summed E-state index contributed by atoms with van der Waals surface area (Å²) in [6.45, 7) is 0.708. The summed E-state index contributed by atoms with van der Waals surface area (Å²) in [6, 6.07) is 2.17. The van der Waals surface area contributed by atoms with Gasteiger partial charge in [-0.2, -0.15) is 0 Å². The highest BCUT2D eigenvalue weighted by atomic mass is 35.5. The molecule has 0 bridgehead atoms. The molecule has 1 aromatic rings. The molecule has 0 aliphatic heterocycles. The van der Waals surface area contributed by atoms with E-state index in [0.717, 1.165) is 37.7 Å². The van der Waals surface area contributed by atoms with E-state index in [0.29, 0.717) is 17.3 Å². The molecule has 3 heteroatoms. The van der Waals surface area contributed by atoms with Crippen molar-refractivity contribution in [3.05, 3.63) is 27.8 Å². The molecule has 0 amide bonds. The molecule has 0 saturated carbocycles. The van der Waals surface area contributed by atoms with Gasteiger partial charge in [0.1, 0.15) is 5.75 Å². The second-order valence-electron chi connectivity index (χ2n) is 5.14. The van der Waals surface area contributed by atoms with Gasteiger partial charge in [0.2, 0.25) is 0 Å². The minimum absolute atomic E-state index is 0.300. The molecule has 0 aromatic heterocycles. The van der Waals surface area contributed by atoms with Gasteiger partial charge in [-0.15, -0.1) is 0 Å². The highest BCUT2D eigenvalue weighted by Gasteiger charge is 2.17. The van der Waals surface area contributed by atoms with Gasteiger partial charge in [0.25, 0.3) is 0 Å². The van der Waals surface area contributed by atoms with Crippen molar-refractivity contribution in [2.24, 2.45) is 5.73 Å². The zero-order valence-electron chi connectivity index (χ0n) is 10.8. The van der Waals surface area contributed by atoms with Gasteiger partial charge >= 0.3 is 0 Å². The summed E-state index contributed by atoms with van der Waals surface area (Å²) in [5.74, 6) is 0.300. The smallest absolute Gasteiger partial charge is 0.137 e. The summed E-state index contributed by atoms with van der Waals surface area (Å²) in [7, 11) is 0. The van der Waals surface area contributed by atoms with Crippen molar-refractivity contribution >= 4 is 11.6 Å². The fraction of sp³-hybridized carbons (Fsp3) is 0.600. The van der Waals surface area contributed by atoms with Crippen LogP contribution in [0.2, 0.25) is 5.02 Å². The van der Waals surface area contributed by atoms with Crippen molar-refractivity contribution in [3.63, 3.8) is 0 Å². The number of aryl methyl sites for hydroxylation is 2. The monoisotopic (exact) mass is 267 g/mol. The van der Waals surface area contributed by atoms with Crippen LogP contribution >= 0.6 is 11.6 Å². The number of benzene rings is 1. The Bertz CT molecular complexity index is 417. The number of nitrogens with two attached hydrogens (primary N) is 1. The fourth-order valence-corrected chi connectivity index (χ4v) is 3.07. The maximum absolute atomic E-state index is 10.2. The second-order valence-corrected chi connectivity index (χ2v) is 5.52. The molecule has 2 rings (SSSR count). The SMILES string of the molecule is NCCCCc1cc2c(c(Cl)c1O)CCCCC2. The molecular weight excluding hydrogens is 246 g/mol. The van der Waals surface area contributed by atoms with Crippen LogP contribution in [0.3, 0.4) is 0 Å². The van der Waals surface area contributed by atoms with Crippen molar-refractivity contribution < 1.29 is 5.11 Å². The number of rotatable bonds is 4. The van der Waals surface area contributed by atoms with Crippen LogP contribution in [0.25, 0.3) is 0 Å². The van der Waals surface area contributed by atoms with E-state index in [9.17, 15) is 5.11 Å². The molecule has 1 aromatic carbocycles. The van der Waals surface area contributed by atoms with Crippen molar-refractivity contribution in [1.82, 2.24) is 0 Å². The number of unbranched alkanes of at least 4 members (excludes halogenated alkanes) is 1. The average molecular weight is 268 g/mol. The largest absolute Gasteiger partial charge is 0.506 e. The Morgan fingerprint density at radius 1 is 1.17 bits per heavy atom. The van der Waals surface area contributed by atoms with Crippen molar-refractivity contribution in [2.75, 3.05) is 6.54 Å². The molecule has 0 heterocycles. The Balaban J connectivity index is 2.26. The standard InChI is InChI=1S/C15H22ClNO/c16-14-13-8-3-1-2-6-11(13)10-12(15(14)18)7-4-5-9-17/h10,18H,1-9,17H2. The minimum atomic E-state index is 0.300. The van der Waals surface area contributed by atoms with E-state index in [1.807, 2.05) is 0 Å². The Kier molecular flexibility index (Phi) is 4.90. The second kappa shape index (κ2) is 6.44. The van der Waals surface area contributed by atoms with E-state index in [1.54, 1.807) is 0 Å². The van der Waals surface area contributed by atoms with Gasteiger partial charge in [0.15, 0.2) is 0 Å². The molecule has 2 nitrogen and oxygen atoms in total. The quantitative estimate of drug-likeness (QED) is 0.647. The molecule has 0 unspecified atom stereocenters. The third-order valence-electron chi connectivity index (χ3n) is 3.79. The van der Waals surface area contributed by atoms with E-state index in [1.165, 1.54) is 30.4 Å². The van der Waals surface area contributed by atoms with Gasteiger partial charge in [-0.1, -0.05) is 24.1 Å². The van der Waals surface area contributed by atoms with E-state index in [4.69, 9.17) is 17.3 Å². The number of aromatic hydroxyl groups is 1. The lowest BCUT2D eigenvalue weighted by Gasteiger charge is -2.14. The molecule has 1 aliphatic rings. The van der Waals surface area contributed by atoms with Crippen LogP contribution in [0.5, 0.6) is 5.75 Å². The molecule has 3 N–H and O–H groups in total. The Morgan fingerprint density at radius 2 is 1.94 bits per heavy atom. The molecule has 0 spiro atoms. The number of phenolic OH excluding ortho intramolecular Hbond substituents is 1. The first-order valence-corrected chi connectivity index (χ1v) is 7.34. The molecular formula is C15H22ClNO. The summed E-state index contributed by atoms with van der Waals surface area (Å²) in [4.78, 5) is 0. The molecule has 0 fully saturated rings. The first-order chi connectivity index (χ1) is 8.74. The van der Waals surface area contributed by atoms with Gasteiger partial charge in [0.05, 0.1) is 5.02 Å². The molecule has 0 atom stereocenters. The predicted octanol–water partition coefficient (Wildman–Crippen LogP) is 3.60. The molecule has 0 saturated heterocycles. The van der Waals surface area contributed by atoms with Crippen LogP contribution in [0, 0.1) is 0 Å². The lowest BCUT2D eigenvalue weighted by Crippen LogP contribution is -2.01.